The van der Waals surface area contributed by atoms with Gasteiger partial charge in [0.1, 0.15) is 23.2 Å². The Kier molecular flexibility index (Phi) is 4.99. The highest BCUT2D eigenvalue weighted by Gasteiger charge is 2.11. The molecule has 0 saturated heterocycles. The third-order valence-electron chi connectivity index (χ3n) is 4.09. The van der Waals surface area contributed by atoms with Gasteiger partial charge in [-0.25, -0.2) is 9.37 Å². The smallest absolute Gasteiger partial charge is 0.282 e. The van der Waals surface area contributed by atoms with Crippen molar-refractivity contribution < 1.29 is 8.81 Å². The number of fused-ring (bicyclic) bond motifs is 1. The minimum absolute atomic E-state index is 0.286. The van der Waals surface area contributed by atoms with Gasteiger partial charge in [0.05, 0.1) is 22.7 Å². The fourth-order valence-electron chi connectivity index (χ4n) is 2.77. The van der Waals surface area contributed by atoms with Crippen LogP contribution in [0.25, 0.3) is 22.2 Å². The standard InChI is InChI=1S/C20H12Br2FN3O2/c1-11-25-18-6-3-12(21)8-16(18)20(27)26(11)24-10-14-4-7-19(28-14)15-5-2-13(22)9-17(15)23/h2-10H,1H3. The van der Waals surface area contributed by atoms with Crippen molar-refractivity contribution in [2.24, 2.45) is 5.10 Å². The minimum Gasteiger partial charge on any atom is -0.455 e. The van der Waals surface area contributed by atoms with Crippen LogP contribution >= 0.6 is 31.9 Å². The highest BCUT2D eigenvalue weighted by molar-refractivity contribution is 9.10. The largest absolute Gasteiger partial charge is 0.455 e. The van der Waals surface area contributed by atoms with Gasteiger partial charge in [-0.3, -0.25) is 4.79 Å². The molecule has 0 unspecified atom stereocenters. The Hall–Kier alpha value is -2.58. The Labute approximate surface area is 175 Å². The van der Waals surface area contributed by atoms with Crippen molar-refractivity contribution in [3.8, 4) is 11.3 Å². The van der Waals surface area contributed by atoms with Crippen molar-refractivity contribution in [2.45, 2.75) is 6.92 Å². The molecule has 4 rings (SSSR count). The molecule has 2 heterocycles. The lowest BCUT2D eigenvalue weighted by Gasteiger charge is -2.05. The second-order valence-electron chi connectivity index (χ2n) is 6.01. The van der Waals surface area contributed by atoms with Crippen LogP contribution in [0.2, 0.25) is 0 Å². The summed E-state index contributed by atoms with van der Waals surface area (Å²) in [7, 11) is 0. The number of aromatic nitrogens is 2. The summed E-state index contributed by atoms with van der Waals surface area (Å²) in [5.74, 6) is 0.805. The third kappa shape index (κ3) is 3.57. The highest BCUT2D eigenvalue weighted by Crippen LogP contribution is 2.27. The number of aryl methyl sites for hydroxylation is 1. The molecular formula is C20H12Br2FN3O2. The van der Waals surface area contributed by atoms with Crippen LogP contribution in [0.5, 0.6) is 0 Å². The van der Waals surface area contributed by atoms with Gasteiger partial charge in [-0.1, -0.05) is 31.9 Å². The van der Waals surface area contributed by atoms with E-state index in [0.717, 1.165) is 4.47 Å². The van der Waals surface area contributed by atoms with E-state index in [1.165, 1.54) is 17.0 Å². The van der Waals surface area contributed by atoms with Crippen LogP contribution in [-0.2, 0) is 0 Å². The number of benzene rings is 2. The molecule has 5 nitrogen and oxygen atoms in total. The summed E-state index contributed by atoms with van der Waals surface area (Å²) >= 11 is 6.58. The predicted molar refractivity (Wildman–Crippen MR) is 113 cm³/mol. The van der Waals surface area contributed by atoms with E-state index in [-0.39, 0.29) is 5.56 Å². The summed E-state index contributed by atoms with van der Waals surface area (Å²) in [5, 5.41) is 4.66. The first-order chi connectivity index (χ1) is 13.4. The molecule has 0 saturated carbocycles. The van der Waals surface area contributed by atoms with Crippen LogP contribution in [-0.4, -0.2) is 15.9 Å². The highest BCUT2D eigenvalue weighted by atomic mass is 79.9. The van der Waals surface area contributed by atoms with Crippen LogP contribution in [0.3, 0.4) is 0 Å². The molecule has 0 aliphatic carbocycles. The Morgan fingerprint density at radius 3 is 2.64 bits per heavy atom. The average Bonchev–Trinajstić information content (AvgIpc) is 3.11. The molecule has 0 spiro atoms. The molecule has 0 radical (unpaired) electrons. The number of hydrogen-bond donors (Lipinski definition) is 0. The molecular weight excluding hydrogens is 493 g/mol. The Bertz CT molecular complexity index is 1290. The average molecular weight is 505 g/mol. The van der Waals surface area contributed by atoms with Crippen LogP contribution in [0.4, 0.5) is 4.39 Å². The lowest BCUT2D eigenvalue weighted by Crippen LogP contribution is -2.20. The Morgan fingerprint density at radius 1 is 1.11 bits per heavy atom. The molecule has 2 aromatic carbocycles. The van der Waals surface area contributed by atoms with Crippen LogP contribution < -0.4 is 5.56 Å². The lowest BCUT2D eigenvalue weighted by atomic mass is 10.1. The van der Waals surface area contributed by atoms with Gasteiger partial charge < -0.3 is 4.42 Å². The van der Waals surface area contributed by atoms with E-state index in [9.17, 15) is 9.18 Å². The molecule has 2 aromatic heterocycles. The first-order valence-electron chi connectivity index (χ1n) is 8.21. The first kappa shape index (κ1) is 18.8. The van der Waals surface area contributed by atoms with Gasteiger partial charge in [0.15, 0.2) is 0 Å². The second kappa shape index (κ2) is 7.44. The van der Waals surface area contributed by atoms with Gasteiger partial charge in [0.25, 0.3) is 5.56 Å². The SMILES string of the molecule is Cc1nc2ccc(Br)cc2c(=O)n1N=Cc1ccc(-c2ccc(Br)cc2F)o1. The normalized spacial score (nSPS) is 11.6. The number of halogens is 3. The molecule has 28 heavy (non-hydrogen) atoms. The molecule has 0 aliphatic rings. The van der Waals surface area contributed by atoms with Crippen LogP contribution in [0, 0.1) is 12.7 Å². The van der Waals surface area contributed by atoms with Gasteiger partial charge >= 0.3 is 0 Å². The molecule has 0 atom stereocenters. The molecule has 0 amide bonds. The molecule has 140 valence electrons. The molecule has 8 heteroatoms. The molecule has 4 aromatic rings. The van der Waals surface area contributed by atoms with Crippen molar-refractivity contribution in [1.82, 2.24) is 9.66 Å². The van der Waals surface area contributed by atoms with E-state index in [4.69, 9.17) is 4.42 Å². The third-order valence-corrected chi connectivity index (χ3v) is 5.08. The molecule has 0 fully saturated rings. The van der Waals surface area contributed by atoms with E-state index in [1.54, 1.807) is 43.3 Å². The summed E-state index contributed by atoms with van der Waals surface area (Å²) in [6.45, 7) is 1.70. The summed E-state index contributed by atoms with van der Waals surface area (Å²) in [4.78, 5) is 17.1. The maximum atomic E-state index is 14.1. The zero-order chi connectivity index (χ0) is 19.8. The van der Waals surface area contributed by atoms with Crippen molar-refractivity contribution in [3.63, 3.8) is 0 Å². The van der Waals surface area contributed by atoms with E-state index >= 15 is 0 Å². The minimum atomic E-state index is -0.399. The van der Waals surface area contributed by atoms with Gasteiger partial charge in [-0.15, -0.1) is 0 Å². The van der Waals surface area contributed by atoms with E-state index in [2.05, 4.69) is 41.9 Å². The Balaban J connectivity index is 1.70. The van der Waals surface area contributed by atoms with Gasteiger partial charge in [0, 0.05) is 8.95 Å². The molecule has 0 bridgehead atoms. The first-order valence-corrected chi connectivity index (χ1v) is 9.79. The summed E-state index contributed by atoms with van der Waals surface area (Å²) in [6, 6.07) is 13.3. The summed E-state index contributed by atoms with van der Waals surface area (Å²) < 4.78 is 22.4. The number of rotatable bonds is 3. The monoisotopic (exact) mass is 503 g/mol. The van der Waals surface area contributed by atoms with E-state index < -0.39 is 5.82 Å². The van der Waals surface area contributed by atoms with Gasteiger partial charge in [-0.05, 0) is 55.5 Å². The molecule has 0 N–H and O–H groups in total. The molecule has 0 aliphatic heterocycles. The van der Waals surface area contributed by atoms with E-state index in [1.807, 2.05) is 6.07 Å². The fourth-order valence-corrected chi connectivity index (χ4v) is 3.46. The lowest BCUT2D eigenvalue weighted by molar-refractivity contribution is 0.562. The quantitative estimate of drug-likeness (QED) is 0.345. The zero-order valence-corrected chi connectivity index (χ0v) is 17.7. The maximum absolute atomic E-state index is 14.1. The number of furan rings is 1. The maximum Gasteiger partial charge on any atom is 0.282 e. The van der Waals surface area contributed by atoms with Crippen LogP contribution in [0.15, 0.2) is 71.8 Å². The van der Waals surface area contributed by atoms with Gasteiger partial charge in [0.2, 0.25) is 0 Å². The topological polar surface area (TPSA) is 60.4 Å². The fraction of sp³-hybridized carbons (Fsp3) is 0.0500. The van der Waals surface area contributed by atoms with Crippen molar-refractivity contribution >= 4 is 49.0 Å². The Morgan fingerprint density at radius 2 is 1.86 bits per heavy atom. The van der Waals surface area contributed by atoms with E-state index in [0.29, 0.717) is 38.3 Å². The van der Waals surface area contributed by atoms with Crippen LogP contribution in [0.1, 0.15) is 11.6 Å². The number of hydrogen-bond acceptors (Lipinski definition) is 4. The van der Waals surface area contributed by atoms with Crippen molar-refractivity contribution in [1.29, 1.82) is 0 Å². The zero-order valence-electron chi connectivity index (χ0n) is 14.5. The summed E-state index contributed by atoms with van der Waals surface area (Å²) in [6.07, 6.45) is 1.40. The van der Waals surface area contributed by atoms with Crippen molar-refractivity contribution in [2.75, 3.05) is 0 Å². The predicted octanol–water partition coefficient (Wildman–Crippen LogP) is 5.51. The van der Waals surface area contributed by atoms with Gasteiger partial charge in [-0.2, -0.15) is 9.78 Å². The van der Waals surface area contributed by atoms with Crippen molar-refractivity contribution in [3.05, 3.63) is 85.2 Å². The number of nitrogens with zero attached hydrogens (tertiary/aromatic N) is 3. The summed E-state index contributed by atoms with van der Waals surface area (Å²) in [5.41, 5.74) is 0.655. The second-order valence-corrected chi connectivity index (χ2v) is 7.84.